The molecule has 2 rings (SSSR count). The van der Waals surface area contributed by atoms with E-state index >= 15 is 0 Å². The molecule has 0 spiro atoms. The van der Waals surface area contributed by atoms with Crippen LogP contribution < -0.4 is 10.1 Å². The van der Waals surface area contributed by atoms with Crippen LogP contribution in [0, 0.1) is 6.92 Å². The maximum absolute atomic E-state index is 12.3. The molecule has 0 saturated carbocycles. The first-order valence-electron chi connectivity index (χ1n) is 7.24. The molecule has 128 valence electrons. The average Bonchev–Trinajstić information content (AvgIpc) is 2.56. The van der Waals surface area contributed by atoms with Crippen molar-refractivity contribution in [2.75, 3.05) is 26.5 Å². The van der Waals surface area contributed by atoms with Crippen LogP contribution in [0.5, 0.6) is 5.75 Å². The lowest BCUT2D eigenvalue weighted by Crippen LogP contribution is -2.22. The van der Waals surface area contributed by atoms with Gasteiger partial charge in [-0.05, 0) is 48.9 Å². The molecule has 6 nitrogen and oxygen atoms in total. The van der Waals surface area contributed by atoms with Gasteiger partial charge in [0, 0.05) is 25.3 Å². The number of aryl methyl sites for hydroxylation is 1. The molecule has 0 aliphatic heterocycles. The average molecular weight is 348 g/mol. The third-order valence-corrected chi connectivity index (χ3v) is 5.40. The first-order valence-corrected chi connectivity index (χ1v) is 8.68. The molecule has 0 heterocycles. The van der Waals surface area contributed by atoms with Crippen LogP contribution in [0.1, 0.15) is 15.9 Å². The number of nitrogens with one attached hydrogen (secondary N) is 1. The summed E-state index contributed by atoms with van der Waals surface area (Å²) in [6.45, 7) is 1.80. The highest BCUT2D eigenvalue weighted by atomic mass is 32.2. The molecule has 7 heteroatoms. The predicted octanol–water partition coefficient (Wildman–Crippen LogP) is 2.51. The van der Waals surface area contributed by atoms with E-state index < -0.39 is 10.0 Å². The topological polar surface area (TPSA) is 75.7 Å². The van der Waals surface area contributed by atoms with Gasteiger partial charge in [0.05, 0.1) is 12.0 Å². The summed E-state index contributed by atoms with van der Waals surface area (Å²) in [5, 5.41) is 2.75. The summed E-state index contributed by atoms with van der Waals surface area (Å²) in [5.41, 5.74) is 1.68. The number of anilines is 1. The number of carbonyl (C=O) groups excluding carboxylic acids is 1. The van der Waals surface area contributed by atoms with Crippen molar-refractivity contribution in [3.8, 4) is 5.75 Å². The number of ether oxygens (including phenoxy) is 1. The van der Waals surface area contributed by atoms with E-state index in [1.165, 1.54) is 26.2 Å². The van der Waals surface area contributed by atoms with E-state index in [1.54, 1.807) is 44.4 Å². The van der Waals surface area contributed by atoms with Gasteiger partial charge in [-0.3, -0.25) is 4.79 Å². The lowest BCUT2D eigenvalue weighted by Gasteiger charge is -2.14. The van der Waals surface area contributed by atoms with Gasteiger partial charge < -0.3 is 10.1 Å². The number of hydrogen-bond acceptors (Lipinski definition) is 4. The number of sulfonamides is 1. The summed E-state index contributed by atoms with van der Waals surface area (Å²) in [7, 11) is 0.917. The van der Waals surface area contributed by atoms with Crippen LogP contribution in [0.2, 0.25) is 0 Å². The van der Waals surface area contributed by atoms with Crippen LogP contribution in [-0.2, 0) is 10.0 Å². The van der Waals surface area contributed by atoms with E-state index in [9.17, 15) is 13.2 Å². The Balaban J connectivity index is 2.30. The predicted molar refractivity (Wildman–Crippen MR) is 93.0 cm³/mol. The van der Waals surface area contributed by atoms with Crippen molar-refractivity contribution in [3.63, 3.8) is 0 Å². The molecular weight excluding hydrogens is 328 g/mol. The Labute approximate surface area is 142 Å². The fourth-order valence-corrected chi connectivity index (χ4v) is 2.97. The molecule has 0 radical (unpaired) electrons. The third-order valence-electron chi connectivity index (χ3n) is 3.59. The highest BCUT2D eigenvalue weighted by Crippen LogP contribution is 2.23. The molecule has 0 bridgehead atoms. The molecule has 1 N–H and O–H groups in total. The van der Waals surface area contributed by atoms with Crippen LogP contribution in [-0.4, -0.2) is 39.8 Å². The fourth-order valence-electron chi connectivity index (χ4n) is 2.04. The van der Waals surface area contributed by atoms with E-state index in [2.05, 4.69) is 5.32 Å². The van der Waals surface area contributed by atoms with Crippen LogP contribution in [0.15, 0.2) is 47.4 Å². The molecule has 0 unspecified atom stereocenters. The van der Waals surface area contributed by atoms with Crippen molar-refractivity contribution in [1.82, 2.24) is 4.31 Å². The molecule has 0 aromatic heterocycles. The van der Waals surface area contributed by atoms with Crippen molar-refractivity contribution < 1.29 is 17.9 Å². The Bertz CT molecular complexity index is 843. The first-order chi connectivity index (χ1) is 11.3. The van der Waals surface area contributed by atoms with Crippen molar-refractivity contribution in [2.45, 2.75) is 11.8 Å². The molecule has 0 atom stereocenters. The summed E-state index contributed by atoms with van der Waals surface area (Å²) in [6, 6.07) is 11.3. The molecule has 0 saturated heterocycles. The summed E-state index contributed by atoms with van der Waals surface area (Å²) < 4.78 is 30.6. The van der Waals surface area contributed by atoms with Gasteiger partial charge in [0.1, 0.15) is 5.75 Å². The van der Waals surface area contributed by atoms with Crippen LogP contribution >= 0.6 is 0 Å². The number of nitrogens with zero attached hydrogens (tertiary/aromatic N) is 1. The van der Waals surface area contributed by atoms with Crippen molar-refractivity contribution >= 4 is 21.6 Å². The van der Waals surface area contributed by atoms with E-state index in [4.69, 9.17) is 4.74 Å². The maximum atomic E-state index is 12.3. The SMILES string of the molecule is COc1ccc(C(=O)Nc2cc(S(=O)(=O)N(C)C)ccc2C)cc1. The Morgan fingerprint density at radius 1 is 1.08 bits per heavy atom. The zero-order chi connectivity index (χ0) is 17.9. The fraction of sp³-hybridized carbons (Fsp3) is 0.235. The minimum absolute atomic E-state index is 0.128. The van der Waals surface area contributed by atoms with E-state index in [-0.39, 0.29) is 10.8 Å². The molecule has 1 amide bonds. The molecule has 0 fully saturated rings. The van der Waals surface area contributed by atoms with E-state index in [0.717, 1.165) is 9.87 Å². The molecule has 2 aromatic rings. The minimum atomic E-state index is -3.56. The summed E-state index contributed by atoms with van der Waals surface area (Å²) in [4.78, 5) is 12.5. The zero-order valence-electron chi connectivity index (χ0n) is 14.0. The smallest absolute Gasteiger partial charge is 0.255 e. The second-order valence-electron chi connectivity index (χ2n) is 5.45. The van der Waals surface area contributed by atoms with Crippen molar-refractivity contribution in [3.05, 3.63) is 53.6 Å². The van der Waals surface area contributed by atoms with Gasteiger partial charge in [0.25, 0.3) is 5.91 Å². The summed E-state index contributed by atoms with van der Waals surface area (Å²) in [5.74, 6) is 0.335. The van der Waals surface area contributed by atoms with Crippen molar-refractivity contribution in [2.24, 2.45) is 0 Å². The first kappa shape index (κ1) is 18.0. The van der Waals surface area contributed by atoms with E-state index in [1.807, 2.05) is 0 Å². The summed E-state index contributed by atoms with van der Waals surface area (Å²) >= 11 is 0. The number of amides is 1. The molecule has 0 aliphatic rings. The van der Waals surface area contributed by atoms with Gasteiger partial charge in [0.15, 0.2) is 0 Å². The molecular formula is C17H20N2O4S. The second-order valence-corrected chi connectivity index (χ2v) is 7.60. The number of rotatable bonds is 5. The Hall–Kier alpha value is -2.38. The van der Waals surface area contributed by atoms with Gasteiger partial charge in [-0.2, -0.15) is 0 Å². The largest absolute Gasteiger partial charge is 0.497 e. The number of carbonyl (C=O) groups is 1. The molecule has 2 aromatic carbocycles. The van der Waals surface area contributed by atoms with Gasteiger partial charge in [-0.1, -0.05) is 6.07 Å². The van der Waals surface area contributed by atoms with Crippen LogP contribution in [0.25, 0.3) is 0 Å². The summed E-state index contributed by atoms with van der Waals surface area (Å²) in [6.07, 6.45) is 0. The highest BCUT2D eigenvalue weighted by Gasteiger charge is 2.19. The Kier molecular flexibility index (Phi) is 5.26. The second kappa shape index (κ2) is 7.02. The quantitative estimate of drug-likeness (QED) is 0.901. The molecule has 0 aliphatic carbocycles. The normalized spacial score (nSPS) is 11.4. The lowest BCUT2D eigenvalue weighted by molar-refractivity contribution is 0.102. The van der Waals surface area contributed by atoms with Crippen LogP contribution in [0.4, 0.5) is 5.69 Å². The third kappa shape index (κ3) is 3.74. The lowest BCUT2D eigenvalue weighted by atomic mass is 10.1. The number of benzene rings is 2. The van der Waals surface area contributed by atoms with Gasteiger partial charge in [-0.15, -0.1) is 0 Å². The van der Waals surface area contributed by atoms with Crippen LogP contribution in [0.3, 0.4) is 0 Å². The number of hydrogen-bond donors (Lipinski definition) is 1. The maximum Gasteiger partial charge on any atom is 0.255 e. The van der Waals surface area contributed by atoms with Crippen molar-refractivity contribution in [1.29, 1.82) is 0 Å². The van der Waals surface area contributed by atoms with Gasteiger partial charge in [-0.25, -0.2) is 12.7 Å². The number of methoxy groups -OCH3 is 1. The Morgan fingerprint density at radius 3 is 2.25 bits per heavy atom. The van der Waals surface area contributed by atoms with Gasteiger partial charge >= 0.3 is 0 Å². The van der Waals surface area contributed by atoms with Gasteiger partial charge in [0.2, 0.25) is 10.0 Å². The standard InChI is InChI=1S/C17H20N2O4S/c1-12-5-10-15(24(21,22)19(2)3)11-16(12)18-17(20)13-6-8-14(23-4)9-7-13/h5-11H,1-4H3,(H,18,20). The minimum Gasteiger partial charge on any atom is -0.497 e. The van der Waals surface area contributed by atoms with E-state index in [0.29, 0.717) is 17.0 Å². The molecule has 24 heavy (non-hydrogen) atoms. The monoisotopic (exact) mass is 348 g/mol. The highest BCUT2D eigenvalue weighted by molar-refractivity contribution is 7.89. The zero-order valence-corrected chi connectivity index (χ0v) is 14.8. The Morgan fingerprint density at radius 2 is 1.71 bits per heavy atom.